The van der Waals surface area contributed by atoms with Gasteiger partial charge in [-0.3, -0.25) is 14.4 Å². The summed E-state index contributed by atoms with van der Waals surface area (Å²) in [4.78, 5) is 43.0. The molecule has 1 aliphatic rings. The number of aromatic nitrogens is 2. The Bertz CT molecular complexity index is 813. The minimum Gasteiger partial charge on any atom is -0.378 e. The molecule has 0 radical (unpaired) electrons. The molecular formula is C20H29F3N4O5. The topological polar surface area (TPSA) is 115 Å². The third kappa shape index (κ3) is 7.28. The summed E-state index contributed by atoms with van der Waals surface area (Å²) in [5.41, 5.74) is -0.283. The molecule has 0 saturated carbocycles. The van der Waals surface area contributed by atoms with Gasteiger partial charge in [0.2, 0.25) is 23.4 Å². The van der Waals surface area contributed by atoms with Gasteiger partial charge in [-0.05, 0) is 18.3 Å². The summed E-state index contributed by atoms with van der Waals surface area (Å²) < 4.78 is 47.4. The molecule has 2 rings (SSSR count). The Kier molecular flexibility index (Phi) is 8.38. The Hall–Kier alpha value is -2.50. The van der Waals surface area contributed by atoms with Gasteiger partial charge in [-0.2, -0.15) is 18.2 Å². The maximum atomic E-state index is 13.0. The number of morpholine rings is 1. The predicted molar refractivity (Wildman–Crippen MR) is 105 cm³/mol. The average Bonchev–Trinajstić information content (AvgIpc) is 3.21. The van der Waals surface area contributed by atoms with Gasteiger partial charge < -0.3 is 19.5 Å². The smallest absolute Gasteiger partial charge is 0.378 e. The maximum Gasteiger partial charge on any atom is 0.471 e. The van der Waals surface area contributed by atoms with Crippen molar-refractivity contribution in [2.75, 3.05) is 26.3 Å². The number of Topliss-reactive ketones (excluding diaryl/α,β-unsaturated/α-hetero) is 1. The number of ketones is 1. The number of ether oxygens (including phenoxy) is 1. The zero-order chi connectivity index (χ0) is 24.1. The summed E-state index contributed by atoms with van der Waals surface area (Å²) in [6.45, 7) is 9.10. The van der Waals surface area contributed by atoms with Crippen molar-refractivity contribution < 1.29 is 36.8 Å². The second-order valence-corrected chi connectivity index (χ2v) is 8.91. The van der Waals surface area contributed by atoms with Crippen LogP contribution in [0.2, 0.25) is 0 Å². The van der Waals surface area contributed by atoms with E-state index in [4.69, 9.17) is 4.74 Å². The van der Waals surface area contributed by atoms with Crippen molar-refractivity contribution >= 4 is 17.6 Å². The van der Waals surface area contributed by atoms with Gasteiger partial charge >= 0.3 is 12.1 Å². The first-order valence-electron chi connectivity index (χ1n) is 10.4. The quantitative estimate of drug-likeness (QED) is 0.590. The van der Waals surface area contributed by atoms with Crippen LogP contribution in [0, 0.1) is 11.3 Å². The van der Waals surface area contributed by atoms with E-state index in [1.54, 1.807) is 11.8 Å². The molecule has 1 N–H and O–H groups in total. The Morgan fingerprint density at radius 3 is 2.28 bits per heavy atom. The third-order valence-electron chi connectivity index (χ3n) is 4.94. The molecule has 2 atom stereocenters. The molecule has 0 spiro atoms. The molecule has 2 unspecified atom stereocenters. The number of rotatable bonds is 8. The fourth-order valence-corrected chi connectivity index (χ4v) is 3.39. The number of halogens is 3. The minimum absolute atomic E-state index is 0.0475. The van der Waals surface area contributed by atoms with Crippen molar-refractivity contribution in [2.45, 2.75) is 59.2 Å². The van der Waals surface area contributed by atoms with Crippen LogP contribution in [-0.4, -0.2) is 65.0 Å². The van der Waals surface area contributed by atoms with Crippen molar-refractivity contribution in [3.63, 3.8) is 0 Å². The fourth-order valence-electron chi connectivity index (χ4n) is 3.39. The molecule has 1 aliphatic heterocycles. The zero-order valence-electron chi connectivity index (χ0n) is 18.6. The van der Waals surface area contributed by atoms with Crippen molar-refractivity contribution in [3.05, 3.63) is 11.7 Å². The van der Waals surface area contributed by atoms with Gasteiger partial charge in [0.25, 0.3) is 0 Å². The van der Waals surface area contributed by atoms with Crippen LogP contribution in [0.1, 0.15) is 63.5 Å². The Morgan fingerprint density at radius 1 is 1.16 bits per heavy atom. The van der Waals surface area contributed by atoms with Crippen LogP contribution in [0.15, 0.2) is 4.52 Å². The highest BCUT2D eigenvalue weighted by Gasteiger charge is 2.40. The van der Waals surface area contributed by atoms with Crippen LogP contribution in [0.4, 0.5) is 13.2 Å². The average molecular weight is 462 g/mol. The maximum absolute atomic E-state index is 13.0. The van der Waals surface area contributed by atoms with E-state index < -0.39 is 41.5 Å². The number of carbonyl (C=O) groups is 3. The second-order valence-electron chi connectivity index (χ2n) is 8.91. The summed E-state index contributed by atoms with van der Waals surface area (Å²) in [7, 11) is 0. The summed E-state index contributed by atoms with van der Waals surface area (Å²) in [5, 5.41) is 5.65. The SMILES string of the molecule is CCC(NC(=O)C(CC(=O)N1CCOCC1)CC(C)(C)C)C(=O)c1noc(C(F)(F)F)n1. The van der Waals surface area contributed by atoms with Crippen LogP contribution >= 0.6 is 0 Å². The number of hydrogen-bond acceptors (Lipinski definition) is 7. The normalized spacial score (nSPS) is 17.0. The first-order chi connectivity index (χ1) is 14.8. The van der Waals surface area contributed by atoms with Crippen LogP contribution in [-0.2, 0) is 20.5 Å². The van der Waals surface area contributed by atoms with E-state index in [1.165, 1.54) is 0 Å². The van der Waals surface area contributed by atoms with E-state index in [0.29, 0.717) is 32.7 Å². The summed E-state index contributed by atoms with van der Waals surface area (Å²) in [5.74, 6) is -4.73. The Balaban J connectivity index is 2.12. The van der Waals surface area contributed by atoms with Crippen LogP contribution in [0.25, 0.3) is 0 Å². The van der Waals surface area contributed by atoms with Gasteiger partial charge in [0.05, 0.1) is 19.3 Å². The number of alkyl halides is 3. The molecule has 2 heterocycles. The number of nitrogens with zero attached hydrogens (tertiary/aromatic N) is 3. The minimum atomic E-state index is -4.88. The largest absolute Gasteiger partial charge is 0.471 e. The first-order valence-corrected chi connectivity index (χ1v) is 10.4. The van der Waals surface area contributed by atoms with E-state index in [0.717, 1.165) is 0 Å². The van der Waals surface area contributed by atoms with E-state index in [9.17, 15) is 27.6 Å². The molecule has 1 saturated heterocycles. The highest BCUT2D eigenvalue weighted by molar-refractivity contribution is 5.99. The molecule has 2 amide bonds. The van der Waals surface area contributed by atoms with Crippen molar-refractivity contribution in [3.8, 4) is 0 Å². The number of hydrogen-bond donors (Lipinski definition) is 1. The second kappa shape index (κ2) is 10.4. The highest BCUT2D eigenvalue weighted by atomic mass is 19.4. The van der Waals surface area contributed by atoms with Crippen molar-refractivity contribution in [2.24, 2.45) is 11.3 Å². The number of nitrogens with one attached hydrogen (secondary N) is 1. The van der Waals surface area contributed by atoms with E-state index in [1.807, 2.05) is 20.8 Å². The van der Waals surface area contributed by atoms with Gasteiger partial charge in [-0.1, -0.05) is 32.9 Å². The summed E-state index contributed by atoms with van der Waals surface area (Å²) in [6.07, 6.45) is -4.46. The molecule has 0 bridgehead atoms. The third-order valence-corrected chi connectivity index (χ3v) is 4.94. The van der Waals surface area contributed by atoms with Gasteiger partial charge in [0, 0.05) is 25.4 Å². The molecule has 1 fully saturated rings. The van der Waals surface area contributed by atoms with E-state index in [-0.39, 0.29) is 24.2 Å². The van der Waals surface area contributed by atoms with E-state index in [2.05, 4.69) is 20.0 Å². The van der Waals surface area contributed by atoms with Crippen molar-refractivity contribution in [1.82, 2.24) is 20.4 Å². The monoisotopic (exact) mass is 462 g/mol. The molecule has 1 aromatic heterocycles. The standard InChI is InChI=1S/C20H29F3N4O5/c1-5-13(15(29)16-25-18(32-26-16)20(21,22)23)24-17(30)12(11-19(2,3)4)10-14(28)27-6-8-31-9-7-27/h12-13H,5-11H2,1-4H3,(H,24,30). The van der Waals surface area contributed by atoms with Crippen molar-refractivity contribution in [1.29, 1.82) is 0 Å². The number of carbonyl (C=O) groups excluding carboxylic acids is 3. The molecule has 0 aliphatic carbocycles. The molecule has 9 nitrogen and oxygen atoms in total. The predicted octanol–water partition coefficient (Wildman–Crippen LogP) is 2.47. The zero-order valence-corrected chi connectivity index (χ0v) is 18.6. The lowest BCUT2D eigenvalue weighted by molar-refractivity contribution is -0.159. The molecule has 12 heteroatoms. The molecular weight excluding hydrogens is 433 g/mol. The van der Waals surface area contributed by atoms with Crippen LogP contribution in [0.5, 0.6) is 0 Å². The molecule has 32 heavy (non-hydrogen) atoms. The van der Waals surface area contributed by atoms with E-state index >= 15 is 0 Å². The Morgan fingerprint density at radius 2 is 1.78 bits per heavy atom. The molecule has 1 aromatic rings. The van der Waals surface area contributed by atoms with Gasteiger partial charge in [0.15, 0.2) is 0 Å². The highest BCUT2D eigenvalue weighted by Crippen LogP contribution is 2.29. The van der Waals surface area contributed by atoms with Gasteiger partial charge in [-0.15, -0.1) is 0 Å². The van der Waals surface area contributed by atoms with Gasteiger partial charge in [0.1, 0.15) is 0 Å². The first kappa shape index (κ1) is 25.8. The van der Waals surface area contributed by atoms with Crippen LogP contribution < -0.4 is 5.32 Å². The van der Waals surface area contributed by atoms with Crippen LogP contribution in [0.3, 0.4) is 0 Å². The lowest BCUT2D eigenvalue weighted by atomic mass is 9.82. The molecule has 180 valence electrons. The Labute approximate surface area is 184 Å². The number of amides is 2. The molecule has 0 aromatic carbocycles. The summed E-state index contributed by atoms with van der Waals surface area (Å²) >= 11 is 0. The summed E-state index contributed by atoms with van der Waals surface area (Å²) in [6, 6.07) is -1.15. The lowest BCUT2D eigenvalue weighted by Gasteiger charge is -2.30. The lowest BCUT2D eigenvalue weighted by Crippen LogP contribution is -2.47. The fraction of sp³-hybridized carbons (Fsp3) is 0.750. The van der Waals surface area contributed by atoms with Gasteiger partial charge in [-0.25, -0.2) is 0 Å².